The fraction of sp³-hybridized carbons (Fsp3) is 0.556. The Hall–Kier alpha value is -1.50. The van der Waals surface area contributed by atoms with Gasteiger partial charge in [0.25, 0.3) is 0 Å². The van der Waals surface area contributed by atoms with E-state index in [9.17, 15) is 14.7 Å². The molecule has 26 heavy (non-hydrogen) atoms. The Morgan fingerprint density at radius 3 is 2.85 bits per heavy atom. The second kappa shape index (κ2) is 10.6. The molecule has 0 saturated carbocycles. The van der Waals surface area contributed by atoms with Crippen molar-refractivity contribution in [3.8, 4) is 5.75 Å². The van der Waals surface area contributed by atoms with Crippen molar-refractivity contribution in [2.45, 2.75) is 38.2 Å². The summed E-state index contributed by atoms with van der Waals surface area (Å²) in [4.78, 5) is 25.6. The van der Waals surface area contributed by atoms with Crippen LogP contribution in [0.25, 0.3) is 0 Å². The minimum Gasteiger partial charge on any atom is -0.489 e. The number of likely N-dealkylation sites (tertiary alicyclic amines) is 1. The number of carbonyl (C=O) groups is 2. The monoisotopic (exact) mass is 402 g/mol. The number of aliphatic hydroxyl groups excluding tert-OH is 1. The maximum absolute atomic E-state index is 12.0. The Kier molecular flexibility index (Phi) is 8.48. The van der Waals surface area contributed by atoms with Crippen LogP contribution in [0.3, 0.4) is 0 Å². The number of benzene rings is 1. The Morgan fingerprint density at radius 1 is 1.27 bits per heavy atom. The highest BCUT2D eigenvalue weighted by molar-refractivity contribution is 6.42. The van der Waals surface area contributed by atoms with E-state index in [4.69, 9.17) is 27.9 Å². The number of carbonyl (C=O) groups excluding carboxylic acids is 2. The molecule has 1 aromatic carbocycles. The molecule has 0 aliphatic carbocycles. The van der Waals surface area contributed by atoms with E-state index in [1.165, 1.54) is 0 Å². The second-order valence-electron chi connectivity index (χ2n) is 6.30. The molecular formula is C18H24Cl2N2O4. The number of nitrogens with one attached hydrogen (secondary N) is 1. The molecule has 1 aromatic rings. The second-order valence-corrected chi connectivity index (χ2v) is 7.09. The van der Waals surface area contributed by atoms with E-state index in [2.05, 4.69) is 5.32 Å². The van der Waals surface area contributed by atoms with E-state index < -0.39 is 6.10 Å². The first-order chi connectivity index (χ1) is 12.5. The van der Waals surface area contributed by atoms with Crippen LogP contribution in [-0.4, -0.2) is 54.2 Å². The maximum atomic E-state index is 12.0. The summed E-state index contributed by atoms with van der Waals surface area (Å²) in [5.41, 5.74) is 0. The predicted molar refractivity (Wildman–Crippen MR) is 101 cm³/mol. The molecule has 0 bridgehead atoms. The van der Waals surface area contributed by atoms with Gasteiger partial charge >= 0.3 is 0 Å². The average molecular weight is 403 g/mol. The molecule has 144 valence electrons. The van der Waals surface area contributed by atoms with Crippen LogP contribution in [0.4, 0.5) is 0 Å². The number of rotatable bonds is 7. The molecule has 1 aliphatic heterocycles. The fourth-order valence-electron chi connectivity index (χ4n) is 2.68. The van der Waals surface area contributed by atoms with Crippen molar-refractivity contribution in [1.29, 1.82) is 0 Å². The zero-order valence-corrected chi connectivity index (χ0v) is 16.1. The van der Waals surface area contributed by atoms with Gasteiger partial charge in [-0.1, -0.05) is 42.1 Å². The summed E-state index contributed by atoms with van der Waals surface area (Å²) < 4.78 is 5.43. The van der Waals surface area contributed by atoms with Crippen LogP contribution in [0.1, 0.15) is 32.1 Å². The molecule has 8 heteroatoms. The smallest absolute Gasteiger partial charge is 0.239 e. The molecule has 1 saturated heterocycles. The Bertz CT molecular complexity index is 627. The van der Waals surface area contributed by atoms with Crippen LogP contribution in [-0.2, 0) is 9.59 Å². The largest absolute Gasteiger partial charge is 0.489 e. The van der Waals surface area contributed by atoms with E-state index >= 15 is 0 Å². The van der Waals surface area contributed by atoms with E-state index in [1.807, 2.05) is 0 Å². The molecule has 1 heterocycles. The molecule has 0 radical (unpaired) electrons. The summed E-state index contributed by atoms with van der Waals surface area (Å²) in [5, 5.41) is 13.2. The first-order valence-corrected chi connectivity index (χ1v) is 9.52. The van der Waals surface area contributed by atoms with Gasteiger partial charge in [0.1, 0.15) is 23.5 Å². The van der Waals surface area contributed by atoms with Crippen molar-refractivity contribution in [1.82, 2.24) is 10.2 Å². The number of amides is 2. The van der Waals surface area contributed by atoms with E-state index in [0.29, 0.717) is 23.7 Å². The molecule has 1 fully saturated rings. The van der Waals surface area contributed by atoms with Crippen molar-refractivity contribution in [2.75, 3.05) is 26.2 Å². The lowest BCUT2D eigenvalue weighted by Gasteiger charge is -2.24. The van der Waals surface area contributed by atoms with Crippen molar-refractivity contribution >= 4 is 35.0 Å². The predicted octanol–water partition coefficient (Wildman–Crippen LogP) is 2.64. The molecule has 1 aliphatic rings. The molecule has 6 nitrogen and oxygen atoms in total. The van der Waals surface area contributed by atoms with Crippen molar-refractivity contribution in [3.63, 3.8) is 0 Å². The van der Waals surface area contributed by atoms with Gasteiger partial charge in [0.05, 0.1) is 11.6 Å². The van der Waals surface area contributed by atoms with Gasteiger partial charge in [-0.05, 0) is 25.0 Å². The molecule has 0 aromatic heterocycles. The van der Waals surface area contributed by atoms with Crippen molar-refractivity contribution in [2.24, 2.45) is 0 Å². The van der Waals surface area contributed by atoms with Gasteiger partial charge in [-0.25, -0.2) is 0 Å². The lowest BCUT2D eigenvalue weighted by atomic mass is 10.1. The normalized spacial score (nSPS) is 16.6. The molecular weight excluding hydrogens is 379 g/mol. The van der Waals surface area contributed by atoms with E-state index in [-0.39, 0.29) is 36.5 Å². The number of hydrogen-bond donors (Lipinski definition) is 2. The highest BCUT2D eigenvalue weighted by Gasteiger charge is 2.19. The Morgan fingerprint density at radius 2 is 2.04 bits per heavy atom. The van der Waals surface area contributed by atoms with Crippen LogP contribution < -0.4 is 10.1 Å². The summed E-state index contributed by atoms with van der Waals surface area (Å²) in [6.45, 7) is 0.611. The van der Waals surface area contributed by atoms with Crippen molar-refractivity contribution in [3.05, 3.63) is 28.2 Å². The maximum Gasteiger partial charge on any atom is 0.239 e. The SMILES string of the molecule is O=C(CN1CCCCCCC1=O)NCC(O)COc1cccc(Cl)c1Cl. The van der Waals surface area contributed by atoms with Gasteiger partial charge in [-0.3, -0.25) is 9.59 Å². The van der Waals surface area contributed by atoms with Gasteiger partial charge in [-0.15, -0.1) is 0 Å². The van der Waals surface area contributed by atoms with Crippen LogP contribution >= 0.6 is 23.2 Å². The van der Waals surface area contributed by atoms with E-state index in [1.54, 1.807) is 23.1 Å². The van der Waals surface area contributed by atoms with Gasteiger partial charge in [-0.2, -0.15) is 0 Å². The third-order valence-electron chi connectivity index (χ3n) is 4.14. The van der Waals surface area contributed by atoms with Crippen LogP contribution in [0.2, 0.25) is 10.0 Å². The van der Waals surface area contributed by atoms with Crippen LogP contribution in [0.5, 0.6) is 5.75 Å². The number of nitrogens with zero attached hydrogens (tertiary/aromatic N) is 1. The lowest BCUT2D eigenvalue weighted by Crippen LogP contribution is -2.44. The summed E-state index contributed by atoms with van der Waals surface area (Å²) in [7, 11) is 0. The van der Waals surface area contributed by atoms with Gasteiger partial charge < -0.3 is 20.1 Å². The number of aliphatic hydroxyl groups is 1. The molecule has 2 rings (SSSR count). The lowest BCUT2D eigenvalue weighted by molar-refractivity contribution is -0.136. The standard InChI is InChI=1S/C18H24Cl2N2O4/c19-14-6-5-7-15(18(14)20)26-12-13(23)10-21-16(24)11-22-9-4-2-1-3-8-17(22)25/h5-7,13,23H,1-4,8-12H2,(H,21,24). The zero-order chi connectivity index (χ0) is 18.9. The Balaban J connectivity index is 1.72. The minimum atomic E-state index is -0.906. The fourth-order valence-corrected chi connectivity index (χ4v) is 3.03. The van der Waals surface area contributed by atoms with Crippen molar-refractivity contribution < 1.29 is 19.4 Å². The zero-order valence-electron chi connectivity index (χ0n) is 14.5. The minimum absolute atomic E-state index is 0.0133. The van der Waals surface area contributed by atoms with Gasteiger partial charge in [0.2, 0.25) is 11.8 Å². The van der Waals surface area contributed by atoms with Gasteiger partial charge in [0, 0.05) is 19.5 Å². The highest BCUT2D eigenvalue weighted by atomic mass is 35.5. The molecule has 1 atom stereocenters. The Labute approximate surface area is 163 Å². The number of ether oxygens (including phenoxy) is 1. The summed E-state index contributed by atoms with van der Waals surface area (Å²) in [5.74, 6) is 0.0915. The van der Waals surface area contributed by atoms with Gasteiger partial charge in [0.15, 0.2) is 0 Å². The van der Waals surface area contributed by atoms with E-state index in [0.717, 1.165) is 25.7 Å². The molecule has 1 unspecified atom stereocenters. The number of hydrogen-bond acceptors (Lipinski definition) is 4. The van der Waals surface area contributed by atoms with Crippen LogP contribution in [0.15, 0.2) is 18.2 Å². The third kappa shape index (κ3) is 6.67. The molecule has 2 amide bonds. The summed E-state index contributed by atoms with van der Waals surface area (Å²) in [6.07, 6.45) is 3.51. The first-order valence-electron chi connectivity index (χ1n) is 8.76. The average Bonchev–Trinajstić information content (AvgIpc) is 2.61. The van der Waals surface area contributed by atoms with Crippen LogP contribution in [0, 0.1) is 0 Å². The molecule has 0 spiro atoms. The third-order valence-corrected chi connectivity index (χ3v) is 4.94. The number of halogens is 2. The topological polar surface area (TPSA) is 78.9 Å². The molecule has 2 N–H and O–H groups in total. The highest BCUT2D eigenvalue weighted by Crippen LogP contribution is 2.31. The summed E-state index contributed by atoms with van der Waals surface area (Å²) in [6, 6.07) is 4.98. The quantitative estimate of drug-likeness (QED) is 0.734. The summed E-state index contributed by atoms with van der Waals surface area (Å²) >= 11 is 11.9. The first kappa shape index (κ1) is 20.8.